The van der Waals surface area contributed by atoms with Gasteiger partial charge in [0.25, 0.3) is 0 Å². The molecule has 1 aliphatic carbocycles. The number of hydrogen-bond donors (Lipinski definition) is 0. The summed E-state index contributed by atoms with van der Waals surface area (Å²) in [7, 11) is 2.09. The number of ether oxygens (including phenoxy) is 5. The molecular weight excluding hydrogens is 1350 g/mol. The van der Waals surface area contributed by atoms with Crippen LogP contribution in [0.3, 0.4) is 0 Å². The molecule has 1 aromatic heterocycles. The van der Waals surface area contributed by atoms with E-state index in [0.717, 1.165) is 90.2 Å². The number of aryl methyl sites for hydroxylation is 2. The highest BCUT2D eigenvalue weighted by Crippen LogP contribution is 2.53. The monoisotopic (exact) mass is 1450 g/mol. The van der Waals surface area contributed by atoms with Crippen molar-refractivity contribution in [3.8, 4) is 45.6 Å². The van der Waals surface area contributed by atoms with Gasteiger partial charge in [-0.25, -0.2) is 0 Å². The highest BCUT2D eigenvalue weighted by atomic mass is 16.6. The Labute approximate surface area is 644 Å². The van der Waals surface area contributed by atoms with E-state index in [2.05, 4.69) is 297 Å². The second-order valence-corrected chi connectivity index (χ2v) is 38.1. The molecule has 10 heteroatoms. The predicted octanol–water partition coefficient (Wildman–Crippen LogP) is 23.7. The normalized spacial score (nSPS) is 17.3. The van der Waals surface area contributed by atoms with Gasteiger partial charge in [-0.3, -0.25) is 19.2 Å². The van der Waals surface area contributed by atoms with Crippen molar-refractivity contribution in [2.45, 2.75) is 220 Å². The molecule has 0 bridgehead atoms. The first kappa shape index (κ1) is 75.5. The minimum absolute atomic E-state index is 0.0118. The van der Waals surface area contributed by atoms with Crippen molar-refractivity contribution in [2.24, 2.45) is 7.05 Å². The molecule has 0 radical (unpaired) electrons. The number of nitrogens with zero attached hydrogens (tertiary/aromatic N) is 1. The zero-order chi connectivity index (χ0) is 78.5. The zero-order valence-corrected chi connectivity index (χ0v) is 68.0. The van der Waals surface area contributed by atoms with Crippen molar-refractivity contribution in [3.63, 3.8) is 0 Å². The first-order chi connectivity index (χ1) is 50.9. The Morgan fingerprint density at radius 3 is 1.08 bits per heavy atom. The summed E-state index contributed by atoms with van der Waals surface area (Å²) in [6, 6.07) is 62.5. The maximum Gasteiger partial charge on any atom is 0.323 e. The van der Waals surface area contributed by atoms with Crippen molar-refractivity contribution in [1.29, 1.82) is 0 Å². The van der Waals surface area contributed by atoms with Gasteiger partial charge < -0.3 is 28.3 Å². The summed E-state index contributed by atoms with van der Waals surface area (Å²) < 4.78 is 32.1. The van der Waals surface area contributed by atoms with Crippen LogP contribution in [0.1, 0.15) is 269 Å². The fourth-order valence-electron chi connectivity index (χ4n) is 16.3. The lowest BCUT2D eigenvalue weighted by molar-refractivity contribution is -0.134. The Morgan fingerprint density at radius 1 is 0.321 bits per heavy atom. The number of rotatable bonds is 6. The lowest BCUT2D eigenvalue weighted by Crippen LogP contribution is -2.17. The van der Waals surface area contributed by atoms with Gasteiger partial charge in [-0.2, -0.15) is 0 Å². The van der Waals surface area contributed by atoms with Crippen LogP contribution in [0.2, 0.25) is 0 Å². The smallest absolute Gasteiger partial charge is 0.323 e. The van der Waals surface area contributed by atoms with Gasteiger partial charge in [0.1, 0.15) is 58.2 Å². The number of carbonyl (C=O) groups excluding carboxylic acids is 4. The number of para-hydroxylation sites is 1. The molecular formula is C99H105NO9. The highest BCUT2D eigenvalue weighted by molar-refractivity contribution is 6.09. The van der Waals surface area contributed by atoms with Crippen LogP contribution in [0.25, 0.3) is 32.9 Å². The number of aromatic nitrogens is 1. The lowest BCUT2D eigenvalue weighted by Gasteiger charge is -2.27. The molecule has 5 heterocycles. The highest BCUT2D eigenvalue weighted by Gasteiger charge is 2.45. The summed E-state index contributed by atoms with van der Waals surface area (Å²) in [5.74, 6) is 1.56. The molecule has 4 unspecified atom stereocenters. The van der Waals surface area contributed by atoms with Gasteiger partial charge in [0.15, 0.2) is 0 Å². The quantitative estimate of drug-likeness (QED) is 0.118. The van der Waals surface area contributed by atoms with E-state index >= 15 is 0 Å². The second kappa shape index (κ2) is 26.8. The molecule has 0 amide bonds. The fraction of sp³-hybridized carbons (Fsp3) is 0.354. The predicted molar refractivity (Wildman–Crippen MR) is 439 cm³/mol. The number of esters is 4. The number of carbonyl (C=O) groups is 4. The Kier molecular flexibility index (Phi) is 18.5. The van der Waals surface area contributed by atoms with Crippen LogP contribution < -0.4 is 23.7 Å². The maximum absolute atomic E-state index is 13.3. The summed E-state index contributed by atoms with van der Waals surface area (Å²) in [5.41, 5.74) is 23.5. The van der Waals surface area contributed by atoms with Crippen molar-refractivity contribution >= 4 is 45.7 Å². The third-order valence-corrected chi connectivity index (χ3v) is 22.5. The van der Waals surface area contributed by atoms with E-state index in [4.69, 9.17) is 23.7 Å². The van der Waals surface area contributed by atoms with Gasteiger partial charge in [-0.05, 0) is 161 Å². The molecule has 109 heavy (non-hydrogen) atoms. The lowest BCUT2D eigenvalue weighted by atomic mass is 9.77. The first-order valence-electron chi connectivity index (χ1n) is 38.6. The molecule has 10 nitrogen and oxygen atoms in total. The Hall–Kier alpha value is -10.3. The minimum Gasteiger partial charge on any atom is -0.457 e. The summed E-state index contributed by atoms with van der Waals surface area (Å²) in [4.78, 5) is 52.9. The maximum atomic E-state index is 13.3. The largest absolute Gasteiger partial charge is 0.457 e. The summed E-state index contributed by atoms with van der Waals surface area (Å²) in [5, 5.41) is 2.38. The molecule has 560 valence electrons. The van der Waals surface area contributed by atoms with Gasteiger partial charge in [-0.15, -0.1) is 0 Å². The molecule has 5 aliphatic rings. The van der Waals surface area contributed by atoms with E-state index in [-0.39, 0.29) is 73.6 Å². The molecule has 0 saturated carbocycles. The van der Waals surface area contributed by atoms with E-state index < -0.39 is 11.8 Å². The Bertz CT molecular complexity index is 5390. The first-order valence-corrected chi connectivity index (χ1v) is 38.6. The zero-order valence-electron chi connectivity index (χ0n) is 68.0. The standard InChI is InChI=1S/C44H50O5.C29H30O2.C26H25NO2/c1-41(2,3)27-21-31-35(39(45)48-37(31)33(23-27)43(7,8)9)25-13-17-29(18-14-25)47-30-19-15-26(16-20-30)36-32-22-28(42(4,5)6)24-34(44(10,11)12)38(32)49-40(36)46;1-28(2,3)20-15-23-25(27(30)31-26(23)24(16-20)29(4,5)6)19-12-11-18-13-17-9-7-8-10-21(17)22(18)14-19;1-15-12-19-23(25(28)29-24(19)20(13-15)26(2,3)4)16-10-11-22-18(14-16)17-8-6-7-9-21(17)27(22)5/h13-24,35-36H,1-12H3;7-12,14-16,25H,13H2,1-6H3;6-14,23H,1-5H3. The van der Waals surface area contributed by atoms with Crippen LogP contribution in [0.15, 0.2) is 182 Å². The third-order valence-electron chi connectivity index (χ3n) is 22.5. The van der Waals surface area contributed by atoms with Crippen LogP contribution in [0, 0.1) is 6.92 Å². The number of hydrogen-bond acceptors (Lipinski definition) is 9. The van der Waals surface area contributed by atoms with Gasteiger partial charge in [0.05, 0.1) is 0 Å². The van der Waals surface area contributed by atoms with E-state index in [1.165, 1.54) is 60.8 Å². The van der Waals surface area contributed by atoms with Crippen LogP contribution in [0.5, 0.6) is 34.5 Å². The van der Waals surface area contributed by atoms with Crippen molar-refractivity contribution in [3.05, 3.63) is 282 Å². The molecule has 0 N–H and O–H groups in total. The van der Waals surface area contributed by atoms with Crippen LogP contribution >= 0.6 is 0 Å². The van der Waals surface area contributed by atoms with Crippen LogP contribution in [0.4, 0.5) is 0 Å². The van der Waals surface area contributed by atoms with Gasteiger partial charge in [0, 0.05) is 73.4 Å². The van der Waals surface area contributed by atoms with Crippen LogP contribution in [-0.2, 0) is 70.6 Å². The Balaban J connectivity index is 0.000000143. The number of fused-ring (bicyclic) bond motifs is 10. The van der Waals surface area contributed by atoms with E-state index in [1.54, 1.807) is 0 Å². The molecule has 11 aromatic rings. The van der Waals surface area contributed by atoms with E-state index in [1.807, 2.05) is 48.5 Å². The van der Waals surface area contributed by atoms with E-state index in [0.29, 0.717) is 23.0 Å². The summed E-state index contributed by atoms with van der Waals surface area (Å²) in [6.07, 6.45) is 0.958. The summed E-state index contributed by atoms with van der Waals surface area (Å²) in [6.45, 7) is 47.8. The molecule has 0 saturated heterocycles. The van der Waals surface area contributed by atoms with Crippen LogP contribution in [-0.4, -0.2) is 28.4 Å². The average molecular weight is 1450 g/mol. The van der Waals surface area contributed by atoms with Crippen molar-refractivity contribution in [2.75, 3.05) is 0 Å². The summed E-state index contributed by atoms with van der Waals surface area (Å²) >= 11 is 0. The molecule has 0 spiro atoms. The van der Waals surface area contributed by atoms with E-state index in [9.17, 15) is 19.2 Å². The van der Waals surface area contributed by atoms with Gasteiger partial charge in [-0.1, -0.05) is 284 Å². The minimum atomic E-state index is -0.502. The third kappa shape index (κ3) is 14.1. The van der Waals surface area contributed by atoms with Crippen molar-refractivity contribution < 1.29 is 42.9 Å². The topological polar surface area (TPSA) is 119 Å². The number of benzene rings is 10. The second-order valence-electron chi connectivity index (χ2n) is 38.1. The van der Waals surface area contributed by atoms with Gasteiger partial charge in [0.2, 0.25) is 0 Å². The SMILES string of the molecule is CC(C)(C)c1cc2c(c(C(C)(C)C)c1)OC(=O)C2c1ccc(Oc2ccc(C3C(=O)Oc4c3cc(C(C)(C)C)cc4C(C)(C)C)cc2)cc1.CC(C)(C)c1cc2c(c(C(C)(C)C)c1)OC(=O)C2c1ccc2c(c1)-c1ccccc1C2.Cc1cc2c(c(C(C)(C)C)c1)OC(=O)C2c1ccc2c(c1)c1ccccc1n2C. The Morgan fingerprint density at radius 2 is 0.661 bits per heavy atom. The average Bonchev–Trinajstić information content (AvgIpc) is 1.63. The van der Waals surface area contributed by atoms with Gasteiger partial charge >= 0.3 is 23.9 Å². The molecule has 16 rings (SSSR count). The molecule has 4 aliphatic heterocycles. The van der Waals surface area contributed by atoms with Crippen molar-refractivity contribution in [1.82, 2.24) is 4.57 Å². The molecule has 0 fully saturated rings. The molecule has 4 atom stereocenters. The fourth-order valence-corrected chi connectivity index (χ4v) is 16.3. The molecule has 10 aromatic carbocycles.